The Hall–Kier alpha value is -2.77. The zero-order chi connectivity index (χ0) is 20.7. The van der Waals surface area contributed by atoms with Crippen molar-refractivity contribution < 1.29 is 22.4 Å². The van der Waals surface area contributed by atoms with Crippen molar-refractivity contribution in [3.05, 3.63) is 65.0 Å². The number of carbonyl (C=O) groups is 1. The lowest BCUT2D eigenvalue weighted by Gasteiger charge is -2.17. The number of pyridine rings is 1. The van der Waals surface area contributed by atoms with Crippen LogP contribution in [0.5, 0.6) is 0 Å². The van der Waals surface area contributed by atoms with Crippen LogP contribution in [0.15, 0.2) is 47.6 Å². The monoisotopic (exact) mass is 395 g/mol. The third-order valence-electron chi connectivity index (χ3n) is 3.93. The van der Waals surface area contributed by atoms with Crippen molar-refractivity contribution in [2.24, 2.45) is 4.99 Å². The predicted octanol–water partition coefficient (Wildman–Crippen LogP) is 4.13. The summed E-state index contributed by atoms with van der Waals surface area (Å²) in [4.78, 5) is 19.5. The molecule has 0 fully saturated rings. The summed E-state index contributed by atoms with van der Waals surface area (Å²) in [6.07, 6.45) is -0.294. The number of carbonyl (C=O) groups excluding carboxylic acids is 1. The molecule has 2 rings (SSSR count). The summed E-state index contributed by atoms with van der Waals surface area (Å²) in [6.45, 7) is 1.20. The van der Waals surface area contributed by atoms with E-state index in [9.17, 15) is 22.4 Å². The molecule has 0 spiro atoms. The van der Waals surface area contributed by atoms with E-state index in [0.29, 0.717) is 24.0 Å². The quantitative estimate of drug-likeness (QED) is 0.436. The van der Waals surface area contributed by atoms with Crippen molar-refractivity contribution in [2.45, 2.75) is 39.0 Å². The normalized spacial score (nSPS) is 12.3. The molecule has 0 aliphatic carbocycles. The van der Waals surface area contributed by atoms with Crippen molar-refractivity contribution in [3.8, 4) is 0 Å². The van der Waals surface area contributed by atoms with E-state index in [1.807, 2.05) is 6.07 Å². The lowest BCUT2D eigenvalue weighted by molar-refractivity contribution is -0.117. The second kappa shape index (κ2) is 9.43. The zero-order valence-electron chi connectivity index (χ0n) is 15.6. The molecule has 0 bridgehead atoms. The maximum absolute atomic E-state index is 13.8. The molecule has 2 aromatic rings. The fourth-order valence-corrected chi connectivity index (χ4v) is 2.63. The molecule has 1 N–H and O–H groups in total. The van der Waals surface area contributed by atoms with Crippen LogP contribution in [0.3, 0.4) is 0 Å². The molecule has 0 saturated carbocycles. The van der Waals surface area contributed by atoms with E-state index < -0.39 is 24.8 Å². The SMILES string of the molecule is CC(=O)NC(=NCC(F)F)c1ccc(C(C)(F)F)cc1CCc1ccccn1. The second-order valence-electron chi connectivity index (χ2n) is 6.34. The Morgan fingerprint density at radius 3 is 2.54 bits per heavy atom. The Morgan fingerprint density at radius 2 is 1.96 bits per heavy atom. The van der Waals surface area contributed by atoms with Crippen LogP contribution in [-0.4, -0.2) is 29.7 Å². The van der Waals surface area contributed by atoms with Gasteiger partial charge in [-0.2, -0.15) is 0 Å². The van der Waals surface area contributed by atoms with Crippen LogP contribution in [0, 0.1) is 0 Å². The fraction of sp³-hybridized carbons (Fsp3) is 0.350. The molecule has 0 atom stereocenters. The first-order chi connectivity index (χ1) is 13.2. The van der Waals surface area contributed by atoms with Gasteiger partial charge in [-0.3, -0.25) is 14.8 Å². The van der Waals surface area contributed by atoms with E-state index in [0.717, 1.165) is 12.6 Å². The van der Waals surface area contributed by atoms with E-state index in [1.165, 1.54) is 25.1 Å². The summed E-state index contributed by atoms with van der Waals surface area (Å²) in [5.41, 5.74) is 1.35. The first-order valence-electron chi connectivity index (χ1n) is 8.68. The highest BCUT2D eigenvalue weighted by atomic mass is 19.3. The van der Waals surface area contributed by atoms with Crippen LogP contribution in [0.1, 0.15) is 36.2 Å². The predicted molar refractivity (Wildman–Crippen MR) is 98.9 cm³/mol. The van der Waals surface area contributed by atoms with Crippen LogP contribution in [0.25, 0.3) is 0 Å². The van der Waals surface area contributed by atoms with Gasteiger partial charge in [0.05, 0.1) is 0 Å². The van der Waals surface area contributed by atoms with Gasteiger partial charge in [-0.25, -0.2) is 17.6 Å². The first kappa shape index (κ1) is 21.5. The lowest BCUT2D eigenvalue weighted by Crippen LogP contribution is -2.31. The molecule has 1 aromatic heterocycles. The minimum absolute atomic E-state index is 0.0604. The number of aromatic nitrogens is 1. The van der Waals surface area contributed by atoms with Crippen molar-refractivity contribution in [1.82, 2.24) is 10.3 Å². The number of benzene rings is 1. The molecule has 0 saturated heterocycles. The molecule has 0 unspecified atom stereocenters. The molecular weight excluding hydrogens is 374 g/mol. The van der Waals surface area contributed by atoms with Crippen molar-refractivity contribution in [1.29, 1.82) is 0 Å². The highest BCUT2D eigenvalue weighted by Crippen LogP contribution is 2.29. The molecule has 8 heteroatoms. The van der Waals surface area contributed by atoms with E-state index in [-0.39, 0.29) is 11.4 Å². The Bertz CT molecular complexity index is 833. The molecule has 150 valence electrons. The summed E-state index contributed by atoms with van der Waals surface area (Å²) >= 11 is 0. The average Bonchev–Trinajstić information content (AvgIpc) is 2.63. The Labute approximate surface area is 160 Å². The van der Waals surface area contributed by atoms with Gasteiger partial charge in [-0.15, -0.1) is 0 Å². The number of aryl methyl sites for hydroxylation is 2. The topological polar surface area (TPSA) is 54.4 Å². The number of nitrogens with one attached hydrogen (secondary N) is 1. The van der Waals surface area contributed by atoms with E-state index in [1.54, 1.807) is 18.3 Å². The van der Waals surface area contributed by atoms with Crippen molar-refractivity contribution in [2.75, 3.05) is 6.54 Å². The highest BCUT2D eigenvalue weighted by molar-refractivity contribution is 6.08. The number of alkyl halides is 4. The van der Waals surface area contributed by atoms with Crippen LogP contribution in [0.4, 0.5) is 17.6 Å². The number of hydrogen-bond donors (Lipinski definition) is 1. The number of halogens is 4. The third kappa shape index (κ3) is 6.44. The number of amidine groups is 1. The Morgan fingerprint density at radius 1 is 1.21 bits per heavy atom. The number of rotatable bonds is 7. The summed E-state index contributed by atoms with van der Waals surface area (Å²) < 4.78 is 52.8. The molecule has 0 aliphatic rings. The summed E-state index contributed by atoms with van der Waals surface area (Å²) in [6, 6.07) is 9.28. The Kier molecular flexibility index (Phi) is 7.25. The van der Waals surface area contributed by atoms with Gasteiger partial charge in [0.2, 0.25) is 5.91 Å². The standard InChI is InChI=1S/C20H21F4N3O/c1-13(28)27-19(26-12-18(21)22)17-9-7-15(20(2,23)24)11-14(17)6-8-16-5-3-4-10-25-16/h3-5,7,9-11,18H,6,8,12H2,1-2H3,(H,26,27,28). The molecule has 0 aliphatic heterocycles. The van der Waals surface area contributed by atoms with E-state index in [4.69, 9.17) is 0 Å². The largest absolute Gasteiger partial charge is 0.311 e. The van der Waals surface area contributed by atoms with Gasteiger partial charge in [0.25, 0.3) is 12.3 Å². The third-order valence-corrected chi connectivity index (χ3v) is 3.93. The van der Waals surface area contributed by atoms with Crippen molar-refractivity contribution in [3.63, 3.8) is 0 Å². The molecule has 4 nitrogen and oxygen atoms in total. The van der Waals surface area contributed by atoms with Gasteiger partial charge < -0.3 is 5.32 Å². The van der Waals surface area contributed by atoms with Gasteiger partial charge in [-0.1, -0.05) is 18.2 Å². The second-order valence-corrected chi connectivity index (χ2v) is 6.34. The first-order valence-corrected chi connectivity index (χ1v) is 8.68. The van der Waals surface area contributed by atoms with Crippen LogP contribution >= 0.6 is 0 Å². The molecule has 1 aromatic carbocycles. The maximum atomic E-state index is 13.8. The van der Waals surface area contributed by atoms with Gasteiger partial charge in [0, 0.05) is 36.9 Å². The van der Waals surface area contributed by atoms with Crippen molar-refractivity contribution >= 4 is 11.7 Å². The van der Waals surface area contributed by atoms with Crippen LogP contribution < -0.4 is 5.32 Å². The van der Waals surface area contributed by atoms with Gasteiger partial charge in [0.1, 0.15) is 12.4 Å². The lowest BCUT2D eigenvalue weighted by atomic mass is 9.96. The summed E-state index contributed by atoms with van der Waals surface area (Å²) in [5.74, 6) is -3.62. The molecule has 28 heavy (non-hydrogen) atoms. The number of nitrogens with zero attached hydrogens (tertiary/aromatic N) is 2. The van der Waals surface area contributed by atoms with E-state index >= 15 is 0 Å². The fourth-order valence-electron chi connectivity index (χ4n) is 2.63. The smallest absolute Gasteiger partial charge is 0.270 e. The minimum Gasteiger partial charge on any atom is -0.311 e. The van der Waals surface area contributed by atoms with Gasteiger partial charge >= 0.3 is 0 Å². The summed E-state index contributed by atoms with van der Waals surface area (Å²) in [7, 11) is 0. The average molecular weight is 395 g/mol. The van der Waals surface area contributed by atoms with Crippen LogP contribution in [0.2, 0.25) is 0 Å². The molecular formula is C20H21F4N3O. The molecule has 1 heterocycles. The Balaban J connectivity index is 2.44. The number of aliphatic imine (C=N–C) groups is 1. The van der Waals surface area contributed by atoms with Crippen LogP contribution in [-0.2, 0) is 23.6 Å². The molecule has 1 amide bonds. The van der Waals surface area contributed by atoms with E-state index in [2.05, 4.69) is 15.3 Å². The number of hydrogen-bond acceptors (Lipinski definition) is 3. The van der Waals surface area contributed by atoms with Gasteiger partial charge in [0.15, 0.2) is 0 Å². The number of amides is 1. The molecule has 0 radical (unpaired) electrons. The van der Waals surface area contributed by atoms with Gasteiger partial charge in [-0.05, 0) is 36.6 Å². The minimum atomic E-state index is -3.06. The summed E-state index contributed by atoms with van der Waals surface area (Å²) in [5, 5.41) is 2.42. The zero-order valence-corrected chi connectivity index (χ0v) is 15.6. The maximum Gasteiger partial charge on any atom is 0.270 e. The highest BCUT2D eigenvalue weighted by Gasteiger charge is 2.26.